The second kappa shape index (κ2) is 7.44. The summed E-state index contributed by atoms with van der Waals surface area (Å²) < 4.78 is 0. The summed E-state index contributed by atoms with van der Waals surface area (Å²) in [7, 11) is 0. The van der Waals surface area contributed by atoms with E-state index >= 15 is 0 Å². The van der Waals surface area contributed by atoms with Gasteiger partial charge in [-0.2, -0.15) is 0 Å². The van der Waals surface area contributed by atoms with Crippen molar-refractivity contribution in [2.75, 3.05) is 0 Å². The van der Waals surface area contributed by atoms with Crippen molar-refractivity contribution < 1.29 is 9.90 Å². The first-order valence-corrected chi connectivity index (χ1v) is 3.18. The van der Waals surface area contributed by atoms with Crippen LogP contribution in [0.3, 0.4) is 0 Å². The normalized spacial score (nSPS) is 7.75. The molecule has 0 aromatic heterocycles. The molecule has 0 aliphatic carbocycles. The van der Waals surface area contributed by atoms with E-state index in [4.69, 9.17) is 5.11 Å². The van der Waals surface area contributed by atoms with Crippen LogP contribution in [0.1, 0.15) is 10.4 Å². The number of benzene rings is 1. The molecular weight excluding hydrogens is 194 g/mol. The molecule has 0 amide bonds. The van der Waals surface area contributed by atoms with Crippen LogP contribution in [0.2, 0.25) is 0 Å². The molecule has 2 nitrogen and oxygen atoms in total. The molecule has 0 unspecified atom stereocenters. The quantitative estimate of drug-likeness (QED) is 0.510. The first-order chi connectivity index (χ1) is 4.72. The van der Waals surface area contributed by atoms with Gasteiger partial charge in [0.25, 0.3) is 0 Å². The van der Waals surface area contributed by atoms with E-state index in [1.54, 1.807) is 18.2 Å². The average molecular weight is 202 g/mol. The van der Waals surface area contributed by atoms with Crippen LogP contribution in [0.15, 0.2) is 29.2 Å². The second-order valence-corrected chi connectivity index (χ2v) is 2.30. The molecule has 1 N–H and O–H groups in total. The van der Waals surface area contributed by atoms with Crippen molar-refractivity contribution in [2.45, 2.75) is 4.90 Å². The van der Waals surface area contributed by atoms with E-state index in [1.165, 1.54) is 6.07 Å². The number of thiol groups is 1. The number of carboxylic acids is 1. The summed E-state index contributed by atoms with van der Waals surface area (Å²) in [6.07, 6.45) is 0. The first-order valence-electron chi connectivity index (χ1n) is 2.73. The molecule has 5 heteroatoms. The van der Waals surface area contributed by atoms with Crippen LogP contribution in [-0.2, 0) is 0 Å². The molecule has 0 aliphatic heterocycles. The number of rotatable bonds is 1. The van der Waals surface area contributed by atoms with Crippen LogP contribution >= 0.6 is 12.6 Å². The second-order valence-electron chi connectivity index (χ2n) is 1.82. The standard InChI is InChI=1S/C7H6O2S.2Na.2H/c8-7(9)5-3-1-2-4-6(5)10;;;;/h1-4,10H,(H,8,9);;;;. The molecule has 1 aromatic rings. The number of hydrogen-bond donors (Lipinski definition) is 2. The number of hydrogen-bond acceptors (Lipinski definition) is 2. The van der Waals surface area contributed by atoms with E-state index in [0.29, 0.717) is 4.90 Å². The Balaban J connectivity index is 0. The summed E-state index contributed by atoms with van der Waals surface area (Å²) in [5.74, 6) is -0.939. The van der Waals surface area contributed by atoms with Crippen LogP contribution in [0.4, 0.5) is 0 Å². The van der Waals surface area contributed by atoms with Crippen molar-refractivity contribution >= 4 is 77.7 Å². The van der Waals surface area contributed by atoms with Gasteiger partial charge in [0.1, 0.15) is 0 Å². The van der Waals surface area contributed by atoms with Gasteiger partial charge in [0.05, 0.1) is 5.56 Å². The maximum atomic E-state index is 10.4. The minimum atomic E-state index is -0.939. The van der Waals surface area contributed by atoms with E-state index in [1.807, 2.05) is 0 Å². The molecule has 56 valence electrons. The molecular formula is C7H8Na2O2S. The number of aromatic carboxylic acids is 1. The van der Waals surface area contributed by atoms with Gasteiger partial charge in [-0.1, -0.05) is 12.1 Å². The molecule has 0 bridgehead atoms. The van der Waals surface area contributed by atoms with Crippen molar-refractivity contribution in [1.82, 2.24) is 0 Å². The third kappa shape index (κ3) is 4.33. The topological polar surface area (TPSA) is 37.3 Å². The van der Waals surface area contributed by atoms with Crippen LogP contribution in [0.25, 0.3) is 0 Å². The van der Waals surface area contributed by atoms with E-state index in [0.717, 1.165) is 0 Å². The summed E-state index contributed by atoms with van der Waals surface area (Å²) in [5.41, 5.74) is 0.242. The van der Waals surface area contributed by atoms with Crippen LogP contribution < -0.4 is 0 Å². The fourth-order valence-electron chi connectivity index (χ4n) is 0.654. The van der Waals surface area contributed by atoms with Gasteiger partial charge >= 0.3 is 65.1 Å². The molecule has 0 fully saturated rings. The van der Waals surface area contributed by atoms with Gasteiger partial charge in [-0.05, 0) is 12.1 Å². The summed E-state index contributed by atoms with van der Waals surface area (Å²) in [5, 5.41) is 8.52. The monoisotopic (exact) mass is 202 g/mol. The number of carboxylic acid groups (broad SMARTS) is 1. The van der Waals surface area contributed by atoms with Crippen molar-refractivity contribution in [2.24, 2.45) is 0 Å². The van der Waals surface area contributed by atoms with Gasteiger partial charge in [0, 0.05) is 4.90 Å². The molecule has 1 rings (SSSR count). The first kappa shape index (κ1) is 15.5. The van der Waals surface area contributed by atoms with Crippen molar-refractivity contribution in [3.05, 3.63) is 29.8 Å². The van der Waals surface area contributed by atoms with Gasteiger partial charge in [-0.15, -0.1) is 12.6 Å². The summed E-state index contributed by atoms with van der Waals surface area (Å²) in [6, 6.07) is 6.58. The Bertz CT molecular complexity index is 265. The van der Waals surface area contributed by atoms with Crippen molar-refractivity contribution in [1.29, 1.82) is 0 Å². The molecule has 0 saturated carbocycles. The fourth-order valence-corrected chi connectivity index (χ4v) is 0.911. The zero-order valence-electron chi connectivity index (χ0n) is 5.11. The zero-order valence-corrected chi connectivity index (χ0v) is 6.01. The van der Waals surface area contributed by atoms with Gasteiger partial charge in [0.15, 0.2) is 0 Å². The summed E-state index contributed by atoms with van der Waals surface area (Å²) >= 11 is 3.96. The Morgan fingerprint density at radius 2 is 1.75 bits per heavy atom. The zero-order chi connectivity index (χ0) is 7.56. The fraction of sp³-hybridized carbons (Fsp3) is 0. The molecule has 0 atom stereocenters. The molecule has 1 aromatic carbocycles. The van der Waals surface area contributed by atoms with E-state index in [9.17, 15) is 4.79 Å². The number of carbonyl (C=O) groups is 1. The van der Waals surface area contributed by atoms with Crippen molar-refractivity contribution in [3.8, 4) is 0 Å². The molecule has 12 heavy (non-hydrogen) atoms. The molecule has 0 aliphatic rings. The van der Waals surface area contributed by atoms with Gasteiger partial charge < -0.3 is 5.11 Å². The van der Waals surface area contributed by atoms with E-state index < -0.39 is 5.97 Å². The van der Waals surface area contributed by atoms with Gasteiger partial charge in [-0.25, -0.2) is 4.79 Å². The Hall–Kier alpha value is 1.04. The maximum absolute atomic E-state index is 10.4. The Kier molecular flexibility index (Phi) is 9.62. The molecule has 0 heterocycles. The summed E-state index contributed by atoms with van der Waals surface area (Å²) in [4.78, 5) is 10.9. The molecule has 0 radical (unpaired) electrons. The summed E-state index contributed by atoms with van der Waals surface area (Å²) in [6.45, 7) is 0. The van der Waals surface area contributed by atoms with Crippen LogP contribution in [0, 0.1) is 0 Å². The van der Waals surface area contributed by atoms with E-state index in [2.05, 4.69) is 12.6 Å². The Morgan fingerprint density at radius 1 is 1.25 bits per heavy atom. The third-order valence-corrected chi connectivity index (χ3v) is 1.52. The molecule has 0 spiro atoms. The molecule has 0 saturated heterocycles. The van der Waals surface area contributed by atoms with Crippen LogP contribution in [0.5, 0.6) is 0 Å². The predicted molar refractivity (Wildman–Crippen MR) is 55.0 cm³/mol. The SMILES string of the molecule is O=C(O)c1ccccc1S.[NaH].[NaH]. The minimum absolute atomic E-state index is 0. The Labute approximate surface area is 121 Å². The van der Waals surface area contributed by atoms with E-state index in [-0.39, 0.29) is 64.7 Å². The van der Waals surface area contributed by atoms with Crippen LogP contribution in [-0.4, -0.2) is 70.2 Å². The van der Waals surface area contributed by atoms with Gasteiger partial charge in [-0.3, -0.25) is 0 Å². The van der Waals surface area contributed by atoms with Gasteiger partial charge in [0.2, 0.25) is 0 Å². The predicted octanol–water partition coefficient (Wildman–Crippen LogP) is 0.376. The van der Waals surface area contributed by atoms with Crippen molar-refractivity contribution in [3.63, 3.8) is 0 Å². The average Bonchev–Trinajstić information content (AvgIpc) is 1.88. The third-order valence-electron chi connectivity index (χ3n) is 1.13. The Morgan fingerprint density at radius 3 is 2.08 bits per heavy atom.